The molecule has 2 rings (SSSR count). The van der Waals surface area contributed by atoms with Crippen molar-refractivity contribution >= 4 is 12.1 Å². The third-order valence-electron chi connectivity index (χ3n) is 3.05. The summed E-state index contributed by atoms with van der Waals surface area (Å²) in [5, 5.41) is 0. The average molecular weight is 278 g/mol. The number of hydrogen-bond donors (Lipinski definition) is 0. The van der Waals surface area contributed by atoms with Gasteiger partial charge in [0.15, 0.2) is 0 Å². The molecule has 1 aromatic rings. The van der Waals surface area contributed by atoms with Crippen LogP contribution in [0.15, 0.2) is 24.3 Å². The molecule has 1 aliphatic rings. The Hall–Kier alpha value is -2.04. The van der Waals surface area contributed by atoms with Crippen molar-refractivity contribution in [3.8, 4) is 0 Å². The molecule has 5 nitrogen and oxygen atoms in total. The van der Waals surface area contributed by atoms with Crippen LogP contribution in [-0.2, 0) is 31.0 Å². The van der Waals surface area contributed by atoms with E-state index in [1.54, 1.807) is 0 Å². The van der Waals surface area contributed by atoms with Gasteiger partial charge in [-0.05, 0) is 16.5 Å². The smallest absolute Gasteiger partial charge is 0.458 e. The molecule has 1 aromatic carbocycles. The number of cyclic esters (lactones) is 2. The van der Waals surface area contributed by atoms with E-state index in [9.17, 15) is 9.59 Å². The number of carbonyl (C=O) groups is 2. The van der Waals surface area contributed by atoms with E-state index < -0.39 is 18.2 Å². The van der Waals surface area contributed by atoms with E-state index >= 15 is 0 Å². The van der Waals surface area contributed by atoms with E-state index in [-0.39, 0.29) is 18.6 Å². The fourth-order valence-electron chi connectivity index (χ4n) is 1.79. The van der Waals surface area contributed by atoms with Crippen molar-refractivity contribution in [2.24, 2.45) is 0 Å². The lowest BCUT2D eigenvalue weighted by atomic mass is 9.87. The molecule has 1 fully saturated rings. The summed E-state index contributed by atoms with van der Waals surface area (Å²) < 4.78 is 14.3. The van der Waals surface area contributed by atoms with Gasteiger partial charge in [-0.15, -0.1) is 0 Å². The zero-order chi connectivity index (χ0) is 14.8. The van der Waals surface area contributed by atoms with Crippen LogP contribution < -0.4 is 0 Å². The number of carbonyl (C=O) groups excluding carboxylic acids is 2. The molecule has 0 aliphatic carbocycles. The molecular formula is C15H18O5. The third kappa shape index (κ3) is 3.50. The molecule has 0 N–H and O–H groups in total. The molecule has 0 radical (unpaired) electrons. The molecule has 1 heterocycles. The van der Waals surface area contributed by atoms with Crippen LogP contribution in [0.1, 0.15) is 31.9 Å². The first-order valence-electron chi connectivity index (χ1n) is 6.46. The topological polar surface area (TPSA) is 61.8 Å². The summed E-state index contributed by atoms with van der Waals surface area (Å²) in [5.41, 5.74) is 2.19. The van der Waals surface area contributed by atoms with Crippen LogP contribution in [0, 0.1) is 0 Å². The first-order chi connectivity index (χ1) is 9.36. The van der Waals surface area contributed by atoms with E-state index in [2.05, 4.69) is 30.2 Å². The van der Waals surface area contributed by atoms with Crippen LogP contribution in [0.25, 0.3) is 0 Å². The monoisotopic (exact) mass is 278 g/mol. The van der Waals surface area contributed by atoms with Crippen molar-refractivity contribution in [2.75, 3.05) is 6.61 Å². The van der Waals surface area contributed by atoms with Gasteiger partial charge in [-0.25, -0.2) is 9.59 Å². The second-order valence-corrected chi connectivity index (χ2v) is 5.72. The summed E-state index contributed by atoms with van der Waals surface area (Å²) in [7, 11) is 0. The Morgan fingerprint density at radius 3 is 2.45 bits per heavy atom. The minimum Gasteiger partial charge on any atom is -0.458 e. The van der Waals surface area contributed by atoms with Crippen LogP contribution in [-0.4, -0.2) is 24.8 Å². The van der Waals surface area contributed by atoms with Gasteiger partial charge in [0.2, 0.25) is 6.10 Å². The molecule has 1 saturated heterocycles. The van der Waals surface area contributed by atoms with E-state index in [0.29, 0.717) is 0 Å². The number of benzene rings is 1. The third-order valence-corrected chi connectivity index (χ3v) is 3.05. The summed E-state index contributed by atoms with van der Waals surface area (Å²) in [4.78, 5) is 22.3. The molecule has 20 heavy (non-hydrogen) atoms. The largest absolute Gasteiger partial charge is 0.509 e. The Bertz CT molecular complexity index is 498. The van der Waals surface area contributed by atoms with E-state index in [4.69, 9.17) is 4.74 Å². The van der Waals surface area contributed by atoms with Crippen molar-refractivity contribution in [3.05, 3.63) is 35.4 Å². The number of rotatable bonds is 3. The first kappa shape index (κ1) is 14.4. The van der Waals surface area contributed by atoms with Crippen molar-refractivity contribution in [3.63, 3.8) is 0 Å². The van der Waals surface area contributed by atoms with Gasteiger partial charge in [0.1, 0.15) is 13.2 Å². The maximum Gasteiger partial charge on any atom is 0.509 e. The van der Waals surface area contributed by atoms with Gasteiger partial charge >= 0.3 is 12.1 Å². The summed E-state index contributed by atoms with van der Waals surface area (Å²) in [6.07, 6.45) is -1.78. The van der Waals surface area contributed by atoms with Gasteiger partial charge in [0, 0.05) is 0 Å². The fraction of sp³-hybridized carbons (Fsp3) is 0.467. The van der Waals surface area contributed by atoms with Crippen LogP contribution in [0.4, 0.5) is 4.79 Å². The van der Waals surface area contributed by atoms with Gasteiger partial charge in [-0.1, -0.05) is 45.0 Å². The molecular weight excluding hydrogens is 260 g/mol. The Balaban J connectivity index is 1.88. The first-order valence-corrected chi connectivity index (χ1v) is 6.46. The van der Waals surface area contributed by atoms with Gasteiger partial charge < -0.3 is 14.2 Å². The second kappa shape index (κ2) is 5.53. The molecule has 1 aliphatic heterocycles. The maximum absolute atomic E-state index is 11.6. The van der Waals surface area contributed by atoms with E-state index in [1.807, 2.05) is 24.3 Å². The van der Waals surface area contributed by atoms with Crippen molar-refractivity contribution in [1.29, 1.82) is 0 Å². The quantitative estimate of drug-likeness (QED) is 0.795. The lowest BCUT2D eigenvalue weighted by Crippen LogP contribution is -2.25. The zero-order valence-electron chi connectivity index (χ0n) is 11.8. The Kier molecular flexibility index (Phi) is 3.97. The van der Waals surface area contributed by atoms with Gasteiger partial charge in [-0.2, -0.15) is 0 Å². The minimum absolute atomic E-state index is 0.0827. The molecule has 0 aromatic heterocycles. The highest BCUT2D eigenvalue weighted by Crippen LogP contribution is 2.22. The highest BCUT2D eigenvalue weighted by atomic mass is 16.8. The van der Waals surface area contributed by atoms with Gasteiger partial charge in [0.05, 0.1) is 0 Å². The Labute approximate surface area is 117 Å². The van der Waals surface area contributed by atoms with Crippen molar-refractivity contribution in [1.82, 2.24) is 0 Å². The predicted octanol–water partition coefficient (Wildman–Crippen LogP) is 2.56. The summed E-state index contributed by atoms with van der Waals surface area (Å²) in [6.45, 7) is 6.47. The molecule has 108 valence electrons. The van der Waals surface area contributed by atoms with E-state index in [0.717, 1.165) is 5.56 Å². The SMILES string of the molecule is CC(C)(C)c1ccc(COC(=O)C2COC(=O)O2)cc1. The van der Waals surface area contributed by atoms with Crippen molar-refractivity contribution < 1.29 is 23.8 Å². The van der Waals surface area contributed by atoms with Gasteiger partial charge in [-0.3, -0.25) is 0 Å². The Morgan fingerprint density at radius 2 is 1.95 bits per heavy atom. The fourth-order valence-corrected chi connectivity index (χ4v) is 1.79. The average Bonchev–Trinajstić information content (AvgIpc) is 2.82. The second-order valence-electron chi connectivity index (χ2n) is 5.72. The lowest BCUT2D eigenvalue weighted by molar-refractivity contribution is -0.153. The van der Waals surface area contributed by atoms with Crippen LogP contribution in [0.2, 0.25) is 0 Å². The molecule has 1 unspecified atom stereocenters. The predicted molar refractivity (Wildman–Crippen MR) is 71.2 cm³/mol. The van der Waals surface area contributed by atoms with Crippen LogP contribution in [0.3, 0.4) is 0 Å². The minimum atomic E-state index is -0.948. The van der Waals surface area contributed by atoms with E-state index in [1.165, 1.54) is 5.56 Å². The number of hydrogen-bond acceptors (Lipinski definition) is 5. The van der Waals surface area contributed by atoms with Crippen molar-refractivity contribution in [2.45, 2.75) is 38.9 Å². The van der Waals surface area contributed by atoms with Crippen LogP contribution >= 0.6 is 0 Å². The molecule has 0 spiro atoms. The highest BCUT2D eigenvalue weighted by molar-refractivity contribution is 5.79. The Morgan fingerprint density at radius 1 is 1.30 bits per heavy atom. The van der Waals surface area contributed by atoms with Crippen LogP contribution in [0.5, 0.6) is 0 Å². The summed E-state index contributed by atoms with van der Waals surface area (Å²) >= 11 is 0. The molecule has 0 bridgehead atoms. The molecule has 5 heteroatoms. The number of esters is 1. The molecule has 0 saturated carbocycles. The standard InChI is InChI=1S/C15H18O5/c1-15(2,3)11-6-4-10(5-7-11)8-18-13(16)12-9-19-14(17)20-12/h4-7,12H,8-9H2,1-3H3. The zero-order valence-corrected chi connectivity index (χ0v) is 11.8. The molecule has 1 atom stereocenters. The summed E-state index contributed by atoms with van der Waals surface area (Å²) in [6, 6.07) is 7.87. The van der Waals surface area contributed by atoms with Gasteiger partial charge in [0.25, 0.3) is 0 Å². The number of ether oxygens (including phenoxy) is 3. The highest BCUT2D eigenvalue weighted by Gasteiger charge is 2.32. The normalized spacial score (nSPS) is 18.4. The maximum atomic E-state index is 11.6. The molecule has 0 amide bonds. The summed E-state index contributed by atoms with van der Waals surface area (Å²) in [5.74, 6) is -0.587. The lowest BCUT2D eigenvalue weighted by Gasteiger charge is -2.19.